The third-order valence-corrected chi connectivity index (χ3v) is 4.02. The maximum atomic E-state index is 10.5. The quantitative estimate of drug-likeness (QED) is 0.837. The molecule has 1 heterocycles. The molecule has 1 saturated heterocycles. The van der Waals surface area contributed by atoms with Crippen molar-refractivity contribution in [1.82, 2.24) is 0 Å². The summed E-state index contributed by atoms with van der Waals surface area (Å²) >= 11 is 3.48. The van der Waals surface area contributed by atoms with Crippen LogP contribution < -0.4 is 4.90 Å². The fourth-order valence-corrected chi connectivity index (χ4v) is 2.75. The van der Waals surface area contributed by atoms with Crippen LogP contribution in [-0.4, -0.2) is 37.4 Å². The van der Waals surface area contributed by atoms with E-state index in [0.29, 0.717) is 6.10 Å². The third-order valence-electron chi connectivity index (χ3n) is 3.33. The molecular weight excluding hydrogens is 322 g/mol. The van der Waals surface area contributed by atoms with Gasteiger partial charge < -0.3 is 14.7 Å². The van der Waals surface area contributed by atoms with E-state index in [1.807, 2.05) is 25.2 Å². The summed E-state index contributed by atoms with van der Waals surface area (Å²) in [6.45, 7) is 1.73. The largest absolute Gasteiger partial charge is 0.478 e. The Hall–Kier alpha value is -1.33. The lowest BCUT2D eigenvalue weighted by Crippen LogP contribution is -2.28. The molecule has 2 rings (SSSR count). The molecule has 1 aromatic carbocycles. The topological polar surface area (TPSA) is 49.8 Å². The molecule has 0 bridgehead atoms. The first-order chi connectivity index (χ1) is 9.56. The number of halogens is 1. The summed E-state index contributed by atoms with van der Waals surface area (Å²) in [6.07, 6.45) is 5.28. The molecule has 1 aliphatic rings. The highest BCUT2D eigenvalue weighted by molar-refractivity contribution is 9.10. The van der Waals surface area contributed by atoms with Crippen LogP contribution in [-0.2, 0) is 9.53 Å². The van der Waals surface area contributed by atoms with Gasteiger partial charge in [0.2, 0.25) is 0 Å². The number of rotatable bonds is 5. The van der Waals surface area contributed by atoms with Crippen LogP contribution in [0.2, 0.25) is 0 Å². The van der Waals surface area contributed by atoms with E-state index < -0.39 is 5.97 Å². The van der Waals surface area contributed by atoms with Crippen molar-refractivity contribution in [3.8, 4) is 0 Å². The highest BCUT2D eigenvalue weighted by atomic mass is 79.9. The van der Waals surface area contributed by atoms with Gasteiger partial charge in [0.25, 0.3) is 0 Å². The Balaban J connectivity index is 2.05. The number of carboxylic acid groups (broad SMARTS) is 1. The standard InChI is InChI=1S/C15H18BrNO3/c1-17(10-13-3-2-8-20-13)12-6-4-11(14(16)9-12)5-7-15(18)19/h4-7,9,13H,2-3,8,10H2,1H3,(H,18,19)/b7-5+. The minimum atomic E-state index is -0.948. The lowest BCUT2D eigenvalue weighted by Gasteiger charge is -2.23. The molecule has 0 spiro atoms. The number of benzene rings is 1. The van der Waals surface area contributed by atoms with Gasteiger partial charge in [-0.3, -0.25) is 0 Å². The molecule has 1 N–H and O–H groups in total. The summed E-state index contributed by atoms with van der Waals surface area (Å²) in [5.41, 5.74) is 1.93. The Kier molecular flexibility index (Phi) is 5.20. The van der Waals surface area contributed by atoms with Gasteiger partial charge in [-0.15, -0.1) is 0 Å². The first-order valence-corrected chi connectivity index (χ1v) is 7.39. The Morgan fingerprint density at radius 1 is 1.60 bits per heavy atom. The number of likely N-dealkylation sites (N-methyl/N-ethyl adjacent to an activating group) is 1. The van der Waals surface area contributed by atoms with E-state index in [1.54, 1.807) is 6.08 Å². The zero-order valence-corrected chi connectivity index (χ0v) is 13.0. The molecule has 1 unspecified atom stereocenters. The van der Waals surface area contributed by atoms with Gasteiger partial charge in [-0.05, 0) is 36.6 Å². The van der Waals surface area contributed by atoms with E-state index in [1.165, 1.54) is 0 Å². The summed E-state index contributed by atoms with van der Waals surface area (Å²) in [6, 6.07) is 5.89. The van der Waals surface area contributed by atoms with Crippen LogP contribution in [0.1, 0.15) is 18.4 Å². The lowest BCUT2D eigenvalue weighted by atomic mass is 10.1. The summed E-state index contributed by atoms with van der Waals surface area (Å²) in [5.74, 6) is -0.948. The van der Waals surface area contributed by atoms with Crippen LogP contribution in [0.25, 0.3) is 6.08 Å². The van der Waals surface area contributed by atoms with E-state index in [4.69, 9.17) is 9.84 Å². The van der Waals surface area contributed by atoms with Crippen molar-refractivity contribution in [3.63, 3.8) is 0 Å². The van der Waals surface area contributed by atoms with Crippen molar-refractivity contribution in [1.29, 1.82) is 0 Å². The molecular formula is C15H18BrNO3. The van der Waals surface area contributed by atoms with Crippen molar-refractivity contribution >= 4 is 33.7 Å². The molecule has 1 aliphatic heterocycles. The number of carboxylic acids is 1. The number of aliphatic carboxylic acids is 1. The van der Waals surface area contributed by atoms with E-state index in [9.17, 15) is 4.79 Å². The van der Waals surface area contributed by atoms with E-state index in [0.717, 1.165) is 47.8 Å². The monoisotopic (exact) mass is 339 g/mol. The Labute approximate surface area is 127 Å². The molecule has 0 amide bonds. The van der Waals surface area contributed by atoms with Gasteiger partial charge in [0.15, 0.2) is 0 Å². The average Bonchev–Trinajstić information content (AvgIpc) is 2.89. The fraction of sp³-hybridized carbons (Fsp3) is 0.400. The van der Waals surface area contributed by atoms with Gasteiger partial charge in [0.1, 0.15) is 0 Å². The number of carbonyl (C=O) groups is 1. The van der Waals surface area contributed by atoms with Gasteiger partial charge in [-0.2, -0.15) is 0 Å². The molecule has 5 heteroatoms. The first-order valence-electron chi connectivity index (χ1n) is 6.59. The molecule has 0 radical (unpaired) electrons. The van der Waals surface area contributed by atoms with Crippen molar-refractivity contribution in [2.75, 3.05) is 25.1 Å². The van der Waals surface area contributed by atoms with Gasteiger partial charge in [-0.25, -0.2) is 4.79 Å². The van der Waals surface area contributed by atoms with Gasteiger partial charge in [-0.1, -0.05) is 22.0 Å². The number of nitrogens with zero attached hydrogens (tertiary/aromatic N) is 1. The molecule has 0 aromatic heterocycles. The second-order valence-electron chi connectivity index (χ2n) is 4.89. The van der Waals surface area contributed by atoms with Crippen molar-refractivity contribution in [2.45, 2.75) is 18.9 Å². The summed E-state index contributed by atoms with van der Waals surface area (Å²) in [5, 5.41) is 8.64. The van der Waals surface area contributed by atoms with Crippen LogP contribution in [0.4, 0.5) is 5.69 Å². The SMILES string of the molecule is CN(CC1CCCO1)c1ccc(/C=C/C(=O)O)c(Br)c1. The summed E-state index contributed by atoms with van der Waals surface area (Å²) < 4.78 is 6.52. The van der Waals surface area contributed by atoms with Crippen molar-refractivity contribution < 1.29 is 14.6 Å². The molecule has 108 valence electrons. The minimum absolute atomic E-state index is 0.311. The van der Waals surface area contributed by atoms with E-state index in [-0.39, 0.29) is 0 Å². The van der Waals surface area contributed by atoms with Crippen molar-refractivity contribution in [2.24, 2.45) is 0 Å². The summed E-state index contributed by atoms with van der Waals surface area (Å²) in [7, 11) is 2.04. The third kappa shape index (κ3) is 4.08. The Morgan fingerprint density at radius 2 is 2.40 bits per heavy atom. The second-order valence-corrected chi connectivity index (χ2v) is 5.75. The fourth-order valence-electron chi connectivity index (χ4n) is 2.25. The van der Waals surface area contributed by atoms with Gasteiger partial charge >= 0.3 is 5.97 Å². The molecule has 1 atom stereocenters. The molecule has 0 saturated carbocycles. The van der Waals surface area contributed by atoms with Crippen LogP contribution in [0.3, 0.4) is 0 Å². The number of hydrogen-bond donors (Lipinski definition) is 1. The van der Waals surface area contributed by atoms with Crippen LogP contribution in [0, 0.1) is 0 Å². The van der Waals surface area contributed by atoms with E-state index >= 15 is 0 Å². The number of hydrogen-bond acceptors (Lipinski definition) is 3. The maximum Gasteiger partial charge on any atom is 0.328 e. The highest BCUT2D eigenvalue weighted by Gasteiger charge is 2.17. The number of ether oxygens (including phenoxy) is 1. The Morgan fingerprint density at radius 3 is 3.00 bits per heavy atom. The predicted molar refractivity (Wildman–Crippen MR) is 83.1 cm³/mol. The maximum absolute atomic E-state index is 10.5. The Bertz CT molecular complexity index is 510. The minimum Gasteiger partial charge on any atom is -0.478 e. The molecule has 0 aliphatic carbocycles. The zero-order valence-electron chi connectivity index (χ0n) is 11.4. The highest BCUT2D eigenvalue weighted by Crippen LogP contribution is 2.25. The van der Waals surface area contributed by atoms with Gasteiger partial charge in [0, 0.05) is 36.4 Å². The smallest absolute Gasteiger partial charge is 0.328 e. The van der Waals surface area contributed by atoms with Crippen molar-refractivity contribution in [3.05, 3.63) is 34.3 Å². The second kappa shape index (κ2) is 6.90. The van der Waals surface area contributed by atoms with Crippen LogP contribution in [0.15, 0.2) is 28.7 Å². The average molecular weight is 340 g/mol. The first kappa shape index (κ1) is 15.1. The van der Waals surface area contributed by atoms with E-state index in [2.05, 4.69) is 20.8 Å². The van der Waals surface area contributed by atoms with Gasteiger partial charge in [0.05, 0.1) is 6.10 Å². The normalized spacial score (nSPS) is 18.6. The summed E-state index contributed by atoms with van der Waals surface area (Å²) in [4.78, 5) is 12.7. The predicted octanol–water partition coefficient (Wildman–Crippen LogP) is 3.16. The molecule has 1 fully saturated rings. The van der Waals surface area contributed by atoms with Crippen LogP contribution >= 0.6 is 15.9 Å². The molecule has 4 nitrogen and oxygen atoms in total. The lowest BCUT2D eigenvalue weighted by molar-refractivity contribution is -0.131. The molecule has 1 aromatic rings. The zero-order chi connectivity index (χ0) is 14.5. The number of anilines is 1. The molecule has 20 heavy (non-hydrogen) atoms. The van der Waals surface area contributed by atoms with Crippen LogP contribution in [0.5, 0.6) is 0 Å².